The number of rotatable bonds is 6. The van der Waals surface area contributed by atoms with Gasteiger partial charge in [0.25, 0.3) is 5.69 Å². The number of aromatic nitrogens is 1. The number of ether oxygens (including phenoxy) is 1. The number of nitro benzene ring substituents is 1. The lowest BCUT2D eigenvalue weighted by Gasteiger charge is -2.25. The van der Waals surface area contributed by atoms with Crippen molar-refractivity contribution in [1.29, 1.82) is 0 Å². The monoisotopic (exact) mass is 487 g/mol. The van der Waals surface area contributed by atoms with Gasteiger partial charge in [0, 0.05) is 48.2 Å². The van der Waals surface area contributed by atoms with E-state index < -0.39 is 4.92 Å². The smallest absolute Gasteiger partial charge is 0.270 e. The molecule has 1 fully saturated rings. The third-order valence-electron chi connectivity index (χ3n) is 5.66. The lowest BCUT2D eigenvalue weighted by Crippen LogP contribution is -2.38. The number of halogens is 1. The molecular weight excluding hydrogens is 466 g/mol. The molecule has 0 bridgehead atoms. The summed E-state index contributed by atoms with van der Waals surface area (Å²) in [5.41, 5.74) is 2.38. The van der Waals surface area contributed by atoms with E-state index in [9.17, 15) is 20.3 Å². The number of phenolic OH excluding ortho intramolecular Hbond substituents is 1. The molecule has 12 heteroatoms. The highest BCUT2D eigenvalue weighted by atomic mass is 35.5. The summed E-state index contributed by atoms with van der Waals surface area (Å²) in [6.07, 6.45) is 0. The van der Waals surface area contributed by atoms with E-state index in [1.807, 2.05) is 0 Å². The molecule has 1 saturated heterocycles. The van der Waals surface area contributed by atoms with Crippen molar-refractivity contribution in [3.8, 4) is 11.6 Å². The maximum Gasteiger partial charge on any atom is 0.270 e. The van der Waals surface area contributed by atoms with Crippen LogP contribution in [0.1, 0.15) is 11.1 Å². The maximum absolute atomic E-state index is 11.3. The molecule has 0 atom stereocenters. The number of fused-ring (bicyclic) bond motifs is 2. The zero-order valence-corrected chi connectivity index (χ0v) is 18.7. The minimum Gasteiger partial charge on any atom is -0.508 e. The van der Waals surface area contributed by atoms with Gasteiger partial charge in [-0.15, -0.1) is 12.4 Å². The molecule has 0 saturated carbocycles. The number of nitro groups is 1. The molecule has 2 aromatic carbocycles. The Bertz CT molecular complexity index is 1300. The van der Waals surface area contributed by atoms with Gasteiger partial charge >= 0.3 is 0 Å². The third-order valence-corrected chi connectivity index (χ3v) is 5.66. The van der Waals surface area contributed by atoms with Gasteiger partial charge < -0.3 is 24.8 Å². The lowest BCUT2D eigenvalue weighted by atomic mass is 10.0. The van der Waals surface area contributed by atoms with E-state index in [0.717, 1.165) is 13.1 Å². The number of hydrogen-bond acceptors (Lipinski definition) is 9. The Morgan fingerprint density at radius 2 is 2.00 bits per heavy atom. The normalized spacial score (nSPS) is 16.8. The highest BCUT2D eigenvalue weighted by molar-refractivity contribution is 6.58. The Morgan fingerprint density at radius 3 is 2.76 bits per heavy atom. The Balaban J connectivity index is 0.00000274. The first-order valence-electron chi connectivity index (χ1n) is 10.4. The van der Waals surface area contributed by atoms with Crippen molar-refractivity contribution in [2.75, 3.05) is 39.5 Å². The average Bonchev–Trinajstić information content (AvgIpc) is 3.32. The first-order chi connectivity index (χ1) is 16.0. The summed E-state index contributed by atoms with van der Waals surface area (Å²) < 4.78 is 5.34. The van der Waals surface area contributed by atoms with Crippen LogP contribution < -0.4 is 0 Å². The number of non-ortho nitro benzene ring substituents is 1. The van der Waals surface area contributed by atoms with Crippen molar-refractivity contribution in [1.82, 2.24) is 9.88 Å². The standard InChI is InChI=1S/C22H21N5O6.ClH/c28-14-2-4-18-16(12-14)20(25-33-10-7-26-5-8-32-9-6-26)21(23-18)19-15-11-13(27(30)31)1-3-17(15)24-22(19)29;/h1-4,11-12,24,28-29H,5-10H2;1H/b25-20+;. The predicted molar refractivity (Wildman–Crippen MR) is 128 cm³/mol. The lowest BCUT2D eigenvalue weighted by molar-refractivity contribution is -0.384. The Morgan fingerprint density at radius 1 is 1.21 bits per heavy atom. The highest BCUT2D eigenvalue weighted by Gasteiger charge is 2.30. The first kappa shape index (κ1) is 23.5. The Kier molecular flexibility index (Phi) is 6.68. The molecule has 11 nitrogen and oxygen atoms in total. The number of aromatic amines is 1. The summed E-state index contributed by atoms with van der Waals surface area (Å²) in [6, 6.07) is 8.92. The number of nitrogens with zero attached hydrogens (tertiary/aromatic N) is 4. The van der Waals surface area contributed by atoms with Crippen LogP contribution in [0.25, 0.3) is 10.9 Å². The number of morpholine rings is 1. The molecule has 3 aromatic rings. The van der Waals surface area contributed by atoms with Gasteiger partial charge in [-0.3, -0.25) is 15.0 Å². The fraction of sp³-hybridized carbons (Fsp3) is 0.273. The topological polar surface area (TPSA) is 146 Å². The van der Waals surface area contributed by atoms with Gasteiger partial charge in [0.1, 0.15) is 23.8 Å². The quantitative estimate of drug-likeness (QED) is 0.275. The number of aliphatic imine (C=N–C) groups is 1. The Labute approximate surface area is 199 Å². The van der Waals surface area contributed by atoms with E-state index in [4.69, 9.17) is 9.57 Å². The van der Waals surface area contributed by atoms with Gasteiger partial charge in [-0.05, 0) is 24.3 Å². The van der Waals surface area contributed by atoms with Crippen molar-refractivity contribution in [2.24, 2.45) is 10.1 Å². The van der Waals surface area contributed by atoms with Crippen molar-refractivity contribution in [3.63, 3.8) is 0 Å². The second-order valence-corrected chi connectivity index (χ2v) is 7.72. The molecule has 2 aliphatic heterocycles. The fourth-order valence-electron chi connectivity index (χ4n) is 4.00. The van der Waals surface area contributed by atoms with Crippen molar-refractivity contribution in [3.05, 3.63) is 57.6 Å². The summed E-state index contributed by atoms with van der Waals surface area (Å²) in [4.78, 5) is 26.0. The number of benzene rings is 2. The number of H-pyrrole nitrogens is 1. The SMILES string of the molecule is Cl.O=[N+]([O-])c1ccc2[nH]c(O)c(C3=Nc4ccc(O)cc4/C3=N\OCCN3CCOCC3)c2c1. The summed E-state index contributed by atoms with van der Waals surface area (Å²) in [6.45, 7) is 4.02. The molecule has 0 spiro atoms. The minimum absolute atomic E-state index is 0. The number of oxime groups is 1. The summed E-state index contributed by atoms with van der Waals surface area (Å²) in [5.74, 6) is -0.160. The van der Waals surface area contributed by atoms with E-state index in [0.29, 0.717) is 59.9 Å². The van der Waals surface area contributed by atoms with Crippen LogP contribution in [0.15, 0.2) is 46.5 Å². The molecule has 178 valence electrons. The zero-order chi connectivity index (χ0) is 22.9. The van der Waals surface area contributed by atoms with Crippen LogP contribution in [0.3, 0.4) is 0 Å². The van der Waals surface area contributed by atoms with Crippen LogP contribution >= 0.6 is 12.4 Å². The number of phenols is 1. The highest BCUT2D eigenvalue weighted by Crippen LogP contribution is 2.38. The third kappa shape index (κ3) is 4.40. The van der Waals surface area contributed by atoms with Gasteiger partial charge in [0.2, 0.25) is 0 Å². The zero-order valence-electron chi connectivity index (χ0n) is 17.9. The maximum atomic E-state index is 11.3. The van der Waals surface area contributed by atoms with Crippen molar-refractivity contribution < 1.29 is 24.7 Å². The molecule has 5 rings (SSSR count). The molecule has 1 aromatic heterocycles. The second-order valence-electron chi connectivity index (χ2n) is 7.72. The summed E-state index contributed by atoms with van der Waals surface area (Å²) >= 11 is 0. The predicted octanol–water partition coefficient (Wildman–Crippen LogP) is 3.10. The number of aromatic hydroxyl groups is 2. The van der Waals surface area contributed by atoms with Crippen molar-refractivity contribution >= 4 is 46.1 Å². The average molecular weight is 488 g/mol. The van der Waals surface area contributed by atoms with Crippen LogP contribution in [0.4, 0.5) is 11.4 Å². The summed E-state index contributed by atoms with van der Waals surface area (Å²) in [5, 5.41) is 36.7. The van der Waals surface area contributed by atoms with E-state index in [2.05, 4.69) is 20.0 Å². The Hall–Kier alpha value is -3.67. The van der Waals surface area contributed by atoms with Crippen molar-refractivity contribution in [2.45, 2.75) is 0 Å². The molecular formula is C22H22ClN5O6. The van der Waals surface area contributed by atoms with Crippen LogP contribution in [0.5, 0.6) is 11.6 Å². The second kappa shape index (κ2) is 9.67. The minimum atomic E-state index is -0.500. The number of hydrogen-bond donors (Lipinski definition) is 3. The van der Waals surface area contributed by atoms with Gasteiger partial charge in [0.05, 0.1) is 29.4 Å². The molecule has 0 unspecified atom stereocenters. The van der Waals surface area contributed by atoms with Gasteiger partial charge in [0.15, 0.2) is 5.88 Å². The van der Waals surface area contributed by atoms with E-state index in [1.165, 1.54) is 30.3 Å². The molecule has 0 aliphatic carbocycles. The first-order valence-corrected chi connectivity index (χ1v) is 10.4. The fourth-order valence-corrected chi connectivity index (χ4v) is 4.00. The van der Waals surface area contributed by atoms with Crippen LogP contribution in [-0.4, -0.2) is 75.9 Å². The molecule has 2 aliphatic rings. The largest absolute Gasteiger partial charge is 0.508 e. The molecule has 0 amide bonds. The molecule has 34 heavy (non-hydrogen) atoms. The van der Waals surface area contributed by atoms with E-state index in [-0.39, 0.29) is 35.3 Å². The summed E-state index contributed by atoms with van der Waals surface area (Å²) in [7, 11) is 0. The van der Waals surface area contributed by atoms with Gasteiger partial charge in [-0.2, -0.15) is 0 Å². The molecule has 0 radical (unpaired) electrons. The van der Waals surface area contributed by atoms with E-state index >= 15 is 0 Å². The van der Waals surface area contributed by atoms with Crippen LogP contribution in [0, 0.1) is 10.1 Å². The molecule has 3 N–H and O–H groups in total. The van der Waals surface area contributed by atoms with Gasteiger partial charge in [-0.1, -0.05) is 5.16 Å². The van der Waals surface area contributed by atoms with Gasteiger partial charge in [-0.25, -0.2) is 4.99 Å². The molecule has 3 heterocycles. The number of nitrogens with one attached hydrogen (secondary N) is 1. The van der Waals surface area contributed by atoms with E-state index in [1.54, 1.807) is 6.07 Å². The van der Waals surface area contributed by atoms with Crippen LogP contribution in [0.2, 0.25) is 0 Å². The van der Waals surface area contributed by atoms with Crippen LogP contribution in [-0.2, 0) is 9.57 Å².